The largest absolute Gasteiger partial charge is 0.326 e. The summed E-state index contributed by atoms with van der Waals surface area (Å²) in [6, 6.07) is 16.9. The van der Waals surface area contributed by atoms with Crippen molar-refractivity contribution in [2.45, 2.75) is 6.92 Å². The van der Waals surface area contributed by atoms with E-state index in [1.807, 2.05) is 47.8 Å². The van der Waals surface area contributed by atoms with Gasteiger partial charge < -0.3 is 10.3 Å². The first-order valence-electron chi connectivity index (χ1n) is 8.83. The van der Waals surface area contributed by atoms with Gasteiger partial charge >= 0.3 is 0 Å². The summed E-state index contributed by atoms with van der Waals surface area (Å²) < 4.78 is 0. The highest BCUT2D eigenvalue weighted by Crippen LogP contribution is 2.31. The van der Waals surface area contributed by atoms with Gasteiger partial charge in [0.15, 0.2) is 5.82 Å². The van der Waals surface area contributed by atoms with Gasteiger partial charge in [0.1, 0.15) is 4.83 Å². The number of nitrogens with zero attached hydrogens (tertiary/aromatic N) is 1. The van der Waals surface area contributed by atoms with Crippen molar-refractivity contribution < 1.29 is 4.79 Å². The van der Waals surface area contributed by atoms with E-state index >= 15 is 0 Å². The molecule has 5 nitrogen and oxygen atoms in total. The molecule has 0 aliphatic rings. The minimum absolute atomic E-state index is 0.132. The van der Waals surface area contributed by atoms with Gasteiger partial charge in [0, 0.05) is 23.6 Å². The molecular weight excluding hydrogens is 406 g/mol. The lowest BCUT2D eigenvalue weighted by atomic mass is 10.1. The summed E-state index contributed by atoms with van der Waals surface area (Å²) in [4.78, 5) is 31.8. The van der Waals surface area contributed by atoms with Crippen LogP contribution in [0.15, 0.2) is 64.8 Å². The number of H-pyrrole nitrogens is 1. The predicted octanol–water partition coefficient (Wildman–Crippen LogP) is 5.35. The molecule has 2 aromatic heterocycles. The zero-order chi connectivity index (χ0) is 20.4. The van der Waals surface area contributed by atoms with Crippen molar-refractivity contribution in [3.63, 3.8) is 0 Å². The monoisotopic (exact) mass is 421 g/mol. The number of thiophene rings is 1. The molecule has 0 unspecified atom stereocenters. The maximum absolute atomic E-state index is 12.7. The topological polar surface area (TPSA) is 74.8 Å². The minimum atomic E-state index is -0.224. The predicted molar refractivity (Wildman–Crippen MR) is 120 cm³/mol. The van der Waals surface area contributed by atoms with Crippen molar-refractivity contribution in [2.75, 3.05) is 5.32 Å². The smallest absolute Gasteiger partial charge is 0.260 e. The highest BCUT2D eigenvalue weighted by molar-refractivity contribution is 7.17. The Morgan fingerprint density at radius 3 is 2.55 bits per heavy atom. The van der Waals surface area contributed by atoms with E-state index in [4.69, 9.17) is 11.6 Å². The first kappa shape index (κ1) is 19.1. The van der Waals surface area contributed by atoms with E-state index in [1.165, 1.54) is 18.3 Å². The number of aromatic amines is 1. The third kappa shape index (κ3) is 4.13. The molecule has 4 aromatic rings. The number of carbonyl (C=O) groups excluding carboxylic acids is 1. The molecule has 0 saturated carbocycles. The van der Waals surface area contributed by atoms with Crippen molar-refractivity contribution in [3.8, 4) is 11.1 Å². The van der Waals surface area contributed by atoms with E-state index in [2.05, 4.69) is 15.3 Å². The Kier molecular flexibility index (Phi) is 5.29. The van der Waals surface area contributed by atoms with Crippen LogP contribution in [0.5, 0.6) is 0 Å². The second-order valence-electron chi connectivity index (χ2n) is 6.41. The number of benzene rings is 2. The molecule has 0 saturated heterocycles. The molecule has 0 fully saturated rings. The van der Waals surface area contributed by atoms with Crippen LogP contribution in [0.4, 0.5) is 5.69 Å². The fourth-order valence-corrected chi connectivity index (χ4v) is 4.14. The van der Waals surface area contributed by atoms with E-state index in [0.29, 0.717) is 26.8 Å². The molecule has 1 amide bonds. The third-order valence-electron chi connectivity index (χ3n) is 4.28. The summed E-state index contributed by atoms with van der Waals surface area (Å²) in [5, 5.41) is 5.53. The van der Waals surface area contributed by atoms with Gasteiger partial charge in [-0.25, -0.2) is 4.98 Å². The molecule has 0 aliphatic heterocycles. The van der Waals surface area contributed by atoms with Crippen molar-refractivity contribution in [1.82, 2.24) is 9.97 Å². The number of hydrogen-bond acceptors (Lipinski definition) is 4. The fraction of sp³-hybridized carbons (Fsp3) is 0.0455. The first-order chi connectivity index (χ1) is 14.0. The van der Waals surface area contributed by atoms with Crippen molar-refractivity contribution in [1.29, 1.82) is 0 Å². The van der Waals surface area contributed by atoms with Crippen LogP contribution in [0, 0.1) is 0 Å². The van der Waals surface area contributed by atoms with E-state index in [-0.39, 0.29) is 11.5 Å². The number of halogens is 1. The number of fused-ring (bicyclic) bond motifs is 1. The minimum Gasteiger partial charge on any atom is -0.326 e. The molecule has 0 radical (unpaired) electrons. The summed E-state index contributed by atoms with van der Waals surface area (Å²) in [7, 11) is 0. The van der Waals surface area contributed by atoms with Gasteiger partial charge in [0.2, 0.25) is 5.91 Å². The van der Waals surface area contributed by atoms with Gasteiger partial charge in [0.25, 0.3) is 5.56 Å². The number of amides is 1. The van der Waals surface area contributed by atoms with E-state index < -0.39 is 0 Å². The molecular formula is C22H16ClN3O2S. The van der Waals surface area contributed by atoms with Gasteiger partial charge in [-0.05, 0) is 29.3 Å². The number of carbonyl (C=O) groups is 1. The normalized spacial score (nSPS) is 11.6. The lowest BCUT2D eigenvalue weighted by Crippen LogP contribution is -2.10. The number of anilines is 1. The molecule has 0 bridgehead atoms. The molecule has 0 atom stereocenters. The van der Waals surface area contributed by atoms with Gasteiger partial charge in [-0.2, -0.15) is 0 Å². The number of hydrogen-bond donors (Lipinski definition) is 2. The van der Waals surface area contributed by atoms with Crippen LogP contribution in [0.2, 0.25) is 0 Å². The zero-order valence-corrected chi connectivity index (χ0v) is 17.0. The molecule has 2 N–H and O–H groups in total. The Bertz CT molecular complexity index is 1280. The second kappa shape index (κ2) is 8.03. The Morgan fingerprint density at radius 2 is 1.86 bits per heavy atom. The quantitative estimate of drug-likeness (QED) is 0.466. The second-order valence-corrected chi connectivity index (χ2v) is 7.67. The Balaban J connectivity index is 1.68. The molecule has 0 spiro atoms. The van der Waals surface area contributed by atoms with Crippen LogP contribution in [-0.4, -0.2) is 15.9 Å². The summed E-state index contributed by atoms with van der Waals surface area (Å²) >= 11 is 7.84. The van der Waals surface area contributed by atoms with Crippen LogP contribution in [0.1, 0.15) is 18.3 Å². The maximum atomic E-state index is 12.7. The van der Waals surface area contributed by atoms with Crippen molar-refractivity contribution in [2.24, 2.45) is 0 Å². The number of aromatic nitrogens is 2. The Morgan fingerprint density at radius 1 is 1.14 bits per heavy atom. The summed E-state index contributed by atoms with van der Waals surface area (Å²) in [5.74, 6) is 0.184. The molecule has 2 heterocycles. The van der Waals surface area contributed by atoms with Crippen LogP contribution in [0.3, 0.4) is 0 Å². The third-order valence-corrected chi connectivity index (χ3v) is 5.44. The number of nitrogens with one attached hydrogen (secondary N) is 2. The Labute approximate surface area is 175 Å². The molecule has 7 heteroatoms. The van der Waals surface area contributed by atoms with Crippen molar-refractivity contribution in [3.05, 3.63) is 81.7 Å². The Hall–Kier alpha value is -3.22. The van der Waals surface area contributed by atoms with E-state index in [0.717, 1.165) is 16.7 Å². The summed E-state index contributed by atoms with van der Waals surface area (Å²) in [6.07, 6.45) is 1.72. The average molecular weight is 422 g/mol. The molecule has 29 heavy (non-hydrogen) atoms. The average Bonchev–Trinajstić information content (AvgIpc) is 3.14. The van der Waals surface area contributed by atoms with Crippen LogP contribution in [0.25, 0.3) is 32.5 Å². The SMILES string of the molecule is CC(=O)Nc1ccc(/C=C(\Cl)c2nc3scc(-c4ccccc4)c3c(=O)[nH]2)cc1. The fourth-order valence-electron chi connectivity index (χ4n) is 2.97. The van der Waals surface area contributed by atoms with Gasteiger partial charge in [0.05, 0.1) is 10.4 Å². The van der Waals surface area contributed by atoms with Gasteiger partial charge in [-0.3, -0.25) is 9.59 Å². The standard InChI is InChI=1S/C22H16ClN3O2S/c1-13(27)24-16-9-7-14(8-10-16)11-18(23)20-25-21(28)19-17(12-29-22(19)26-20)15-5-3-2-4-6-15/h2-12H,1H3,(H,24,27)(H,25,26,28)/b18-11-. The van der Waals surface area contributed by atoms with Gasteiger partial charge in [-0.1, -0.05) is 54.1 Å². The van der Waals surface area contributed by atoms with Crippen LogP contribution >= 0.6 is 22.9 Å². The molecule has 0 aliphatic carbocycles. The zero-order valence-electron chi connectivity index (χ0n) is 15.4. The summed E-state index contributed by atoms with van der Waals surface area (Å²) in [5.41, 5.74) is 3.13. The van der Waals surface area contributed by atoms with Crippen LogP contribution < -0.4 is 10.9 Å². The highest BCUT2D eigenvalue weighted by Gasteiger charge is 2.14. The van der Waals surface area contributed by atoms with E-state index in [1.54, 1.807) is 18.2 Å². The molecule has 144 valence electrons. The lowest BCUT2D eigenvalue weighted by molar-refractivity contribution is -0.114. The lowest BCUT2D eigenvalue weighted by Gasteiger charge is -2.04. The van der Waals surface area contributed by atoms with Gasteiger partial charge in [-0.15, -0.1) is 11.3 Å². The molecule has 4 rings (SSSR count). The van der Waals surface area contributed by atoms with Crippen molar-refractivity contribution >= 4 is 55.9 Å². The maximum Gasteiger partial charge on any atom is 0.260 e. The van der Waals surface area contributed by atoms with Crippen LogP contribution in [-0.2, 0) is 4.79 Å². The molecule has 2 aromatic carbocycles. The number of rotatable bonds is 4. The highest BCUT2D eigenvalue weighted by atomic mass is 35.5. The summed E-state index contributed by atoms with van der Waals surface area (Å²) in [6.45, 7) is 1.45. The van der Waals surface area contributed by atoms with E-state index in [9.17, 15) is 9.59 Å². The first-order valence-corrected chi connectivity index (χ1v) is 10.1.